The van der Waals surface area contributed by atoms with Gasteiger partial charge in [-0.25, -0.2) is 0 Å². The van der Waals surface area contributed by atoms with Crippen LogP contribution in [0.15, 0.2) is 33.4 Å². The molecule has 0 aliphatic carbocycles. The van der Waals surface area contributed by atoms with Gasteiger partial charge in [-0.2, -0.15) is 0 Å². The molecule has 1 aromatic carbocycles. The van der Waals surface area contributed by atoms with E-state index in [4.69, 9.17) is 9.15 Å². The first kappa shape index (κ1) is 13.3. The average Bonchev–Trinajstić information content (AvgIpc) is 2.81. The van der Waals surface area contributed by atoms with Crippen molar-refractivity contribution in [2.75, 3.05) is 7.11 Å². The lowest BCUT2D eigenvalue weighted by Crippen LogP contribution is -1.99. The zero-order valence-electron chi connectivity index (χ0n) is 9.15. The van der Waals surface area contributed by atoms with Gasteiger partial charge in [-0.1, -0.05) is 0 Å². The Kier molecular flexibility index (Phi) is 3.91. The van der Waals surface area contributed by atoms with Crippen molar-refractivity contribution in [1.29, 1.82) is 0 Å². The number of hydrogen-bond donors (Lipinski definition) is 0. The van der Waals surface area contributed by atoms with Crippen LogP contribution in [0, 0.1) is 13.7 Å². The van der Waals surface area contributed by atoms with Crippen LogP contribution >= 0.6 is 38.5 Å². The second-order valence-electron chi connectivity index (χ2n) is 3.33. The lowest BCUT2D eigenvalue weighted by Gasteiger charge is -2.09. The molecule has 0 unspecified atom stereocenters. The number of methoxy groups -OCH3 is 1. The molecule has 0 saturated carbocycles. The average molecular weight is 424 g/mol. The normalized spacial score (nSPS) is 10.4. The molecule has 5 nitrogen and oxygen atoms in total. The minimum Gasteiger partial charge on any atom is -0.489 e. The van der Waals surface area contributed by atoms with Crippen molar-refractivity contribution in [1.82, 2.24) is 0 Å². The Hall–Kier alpha value is -1.09. The molecule has 0 bridgehead atoms. The van der Waals surface area contributed by atoms with Crippen LogP contribution < -0.4 is 4.74 Å². The van der Waals surface area contributed by atoms with E-state index in [1.54, 1.807) is 18.2 Å². The summed E-state index contributed by atoms with van der Waals surface area (Å²) in [6.07, 6.45) is 1.48. The molecule has 0 aliphatic heterocycles. The number of rotatable bonds is 3. The molecule has 0 radical (unpaired) electrons. The summed E-state index contributed by atoms with van der Waals surface area (Å²) in [7, 11) is 1.39. The Morgan fingerprint density at radius 2 is 2.28 bits per heavy atom. The molecule has 94 valence electrons. The molecule has 0 N–H and O–H groups in total. The van der Waals surface area contributed by atoms with E-state index < -0.39 is 4.92 Å². The standard InChI is InChI=1S/C11H7BrINO4/c1-17-11-6(12)5-7(13)9(10(11)14(15)16)8-3-2-4-18-8/h2-5H,1H3. The van der Waals surface area contributed by atoms with Gasteiger partial charge in [-0.3, -0.25) is 10.1 Å². The predicted molar refractivity (Wildman–Crippen MR) is 77.8 cm³/mol. The minimum absolute atomic E-state index is 0.105. The summed E-state index contributed by atoms with van der Waals surface area (Å²) in [6, 6.07) is 5.12. The monoisotopic (exact) mass is 423 g/mol. The second kappa shape index (κ2) is 5.27. The molecule has 0 atom stereocenters. The number of furan rings is 1. The first-order chi connectivity index (χ1) is 8.56. The molecule has 0 fully saturated rings. The Bertz CT molecular complexity index is 598. The van der Waals surface area contributed by atoms with Crippen LogP contribution in [0.2, 0.25) is 0 Å². The van der Waals surface area contributed by atoms with E-state index in [1.807, 2.05) is 22.6 Å². The van der Waals surface area contributed by atoms with Crippen molar-refractivity contribution in [3.8, 4) is 17.1 Å². The van der Waals surface area contributed by atoms with Gasteiger partial charge in [-0.05, 0) is 56.7 Å². The highest BCUT2D eigenvalue weighted by molar-refractivity contribution is 14.1. The Labute approximate surface area is 125 Å². The number of halogens is 2. The summed E-state index contributed by atoms with van der Waals surface area (Å²) >= 11 is 5.29. The molecule has 1 heterocycles. The topological polar surface area (TPSA) is 65.5 Å². The first-order valence-corrected chi connectivity index (χ1v) is 6.67. The number of nitro groups is 1. The van der Waals surface area contributed by atoms with Crippen LogP contribution in [0.4, 0.5) is 5.69 Å². The maximum absolute atomic E-state index is 11.3. The molecular formula is C11H7BrINO4. The molecule has 7 heteroatoms. The van der Waals surface area contributed by atoms with Crippen LogP contribution in [-0.2, 0) is 0 Å². The zero-order valence-corrected chi connectivity index (χ0v) is 12.9. The Morgan fingerprint density at radius 3 is 2.78 bits per heavy atom. The molecule has 0 spiro atoms. The van der Waals surface area contributed by atoms with Crippen LogP contribution in [-0.4, -0.2) is 12.0 Å². The highest BCUT2D eigenvalue weighted by Gasteiger charge is 2.28. The molecule has 0 saturated heterocycles. The third-order valence-corrected chi connectivity index (χ3v) is 3.76. The summed E-state index contributed by atoms with van der Waals surface area (Å²) in [5.41, 5.74) is 0.317. The number of benzene rings is 1. The fourth-order valence-electron chi connectivity index (χ4n) is 1.61. The highest BCUT2D eigenvalue weighted by Crippen LogP contribution is 2.45. The van der Waals surface area contributed by atoms with Gasteiger partial charge in [0.1, 0.15) is 11.3 Å². The van der Waals surface area contributed by atoms with Crippen molar-refractivity contribution in [2.24, 2.45) is 0 Å². The zero-order chi connectivity index (χ0) is 13.3. The SMILES string of the molecule is COc1c(Br)cc(I)c(-c2ccco2)c1[N+](=O)[O-]. The van der Waals surface area contributed by atoms with Crippen LogP contribution in [0.5, 0.6) is 5.75 Å². The predicted octanol–water partition coefficient (Wildman–Crippen LogP) is 4.23. The van der Waals surface area contributed by atoms with Crippen molar-refractivity contribution in [2.45, 2.75) is 0 Å². The minimum atomic E-state index is -0.469. The summed E-state index contributed by atoms with van der Waals surface area (Å²) in [5, 5.41) is 11.3. The highest BCUT2D eigenvalue weighted by atomic mass is 127. The summed E-state index contributed by atoms with van der Waals surface area (Å²) < 4.78 is 11.6. The Balaban J connectivity index is 2.83. The number of hydrogen-bond acceptors (Lipinski definition) is 4. The second-order valence-corrected chi connectivity index (χ2v) is 5.35. The van der Waals surface area contributed by atoms with Gasteiger partial charge in [0.05, 0.1) is 22.8 Å². The molecule has 0 aliphatic rings. The maximum atomic E-state index is 11.3. The summed E-state index contributed by atoms with van der Waals surface area (Å²) in [4.78, 5) is 10.8. The van der Waals surface area contributed by atoms with Gasteiger partial charge in [0.25, 0.3) is 0 Å². The number of nitro benzene ring substituents is 1. The van der Waals surface area contributed by atoms with E-state index in [0.29, 0.717) is 19.4 Å². The maximum Gasteiger partial charge on any atom is 0.324 e. The Morgan fingerprint density at radius 1 is 1.56 bits per heavy atom. The van der Waals surface area contributed by atoms with Gasteiger partial charge in [0, 0.05) is 3.57 Å². The number of ether oxygens (including phenoxy) is 1. The quantitative estimate of drug-likeness (QED) is 0.421. The van der Waals surface area contributed by atoms with Crippen molar-refractivity contribution < 1.29 is 14.1 Å². The van der Waals surface area contributed by atoms with Gasteiger partial charge < -0.3 is 9.15 Å². The van der Waals surface area contributed by atoms with Crippen molar-refractivity contribution in [3.63, 3.8) is 0 Å². The third kappa shape index (κ3) is 2.24. The van der Waals surface area contributed by atoms with Crippen LogP contribution in [0.25, 0.3) is 11.3 Å². The van der Waals surface area contributed by atoms with Crippen molar-refractivity contribution >= 4 is 44.2 Å². The molecule has 1 aromatic heterocycles. The van der Waals surface area contributed by atoms with Crippen LogP contribution in [0.1, 0.15) is 0 Å². The lowest BCUT2D eigenvalue weighted by atomic mass is 10.1. The van der Waals surface area contributed by atoms with Crippen LogP contribution in [0.3, 0.4) is 0 Å². The molecule has 2 aromatic rings. The first-order valence-electron chi connectivity index (χ1n) is 4.80. The van der Waals surface area contributed by atoms with E-state index >= 15 is 0 Å². The molecule has 18 heavy (non-hydrogen) atoms. The van der Waals surface area contributed by atoms with Gasteiger partial charge in [0.15, 0.2) is 0 Å². The van der Waals surface area contributed by atoms with Crippen molar-refractivity contribution in [3.05, 3.63) is 42.6 Å². The van der Waals surface area contributed by atoms with Gasteiger partial charge in [0.2, 0.25) is 5.75 Å². The molecular weight excluding hydrogens is 417 g/mol. The van der Waals surface area contributed by atoms with Gasteiger partial charge in [-0.15, -0.1) is 0 Å². The fraction of sp³-hybridized carbons (Fsp3) is 0.0909. The van der Waals surface area contributed by atoms with E-state index in [1.165, 1.54) is 13.4 Å². The summed E-state index contributed by atoms with van der Waals surface area (Å²) in [5.74, 6) is 0.628. The number of nitrogens with zero attached hydrogens (tertiary/aromatic N) is 1. The molecule has 2 rings (SSSR count). The summed E-state index contributed by atoms with van der Waals surface area (Å²) in [6.45, 7) is 0. The smallest absolute Gasteiger partial charge is 0.324 e. The van der Waals surface area contributed by atoms with Gasteiger partial charge >= 0.3 is 5.69 Å². The fourth-order valence-corrected chi connectivity index (χ4v) is 3.45. The lowest BCUT2D eigenvalue weighted by molar-refractivity contribution is -0.385. The van der Waals surface area contributed by atoms with E-state index in [0.717, 1.165) is 0 Å². The van der Waals surface area contributed by atoms with E-state index in [2.05, 4.69) is 15.9 Å². The third-order valence-electron chi connectivity index (χ3n) is 2.32. The van der Waals surface area contributed by atoms with E-state index in [-0.39, 0.29) is 11.4 Å². The largest absolute Gasteiger partial charge is 0.489 e. The molecule has 0 amide bonds. The van der Waals surface area contributed by atoms with E-state index in [9.17, 15) is 10.1 Å².